The zero-order chi connectivity index (χ0) is 17.0. The van der Waals surface area contributed by atoms with Gasteiger partial charge in [-0.2, -0.15) is 4.31 Å². The number of carbonyl (C=O) groups excluding carboxylic acids is 1. The van der Waals surface area contributed by atoms with Crippen molar-refractivity contribution in [2.75, 3.05) is 26.2 Å². The van der Waals surface area contributed by atoms with Crippen LogP contribution in [0.4, 0.5) is 0 Å². The van der Waals surface area contributed by atoms with Crippen molar-refractivity contribution in [1.29, 1.82) is 0 Å². The second-order valence-electron chi connectivity index (χ2n) is 5.71. The normalized spacial score (nSPS) is 16.8. The highest BCUT2D eigenvalue weighted by Gasteiger charge is 2.28. The van der Waals surface area contributed by atoms with Gasteiger partial charge in [0.05, 0.1) is 11.3 Å². The number of amides is 1. The predicted octanol–water partition coefficient (Wildman–Crippen LogP) is 2.21. The minimum atomic E-state index is -3.49. The van der Waals surface area contributed by atoms with Crippen molar-refractivity contribution >= 4 is 27.3 Å². The number of benzene rings is 1. The van der Waals surface area contributed by atoms with Crippen LogP contribution in [-0.4, -0.2) is 49.7 Å². The molecule has 1 saturated heterocycles. The van der Waals surface area contributed by atoms with Gasteiger partial charge in [-0.05, 0) is 30.0 Å². The van der Waals surface area contributed by atoms with Crippen molar-refractivity contribution in [2.45, 2.75) is 17.7 Å². The van der Waals surface area contributed by atoms with Crippen molar-refractivity contribution in [3.8, 4) is 0 Å². The lowest BCUT2D eigenvalue weighted by atomic mass is 10.3. The maximum Gasteiger partial charge on any atom is 0.243 e. The Morgan fingerprint density at radius 3 is 2.50 bits per heavy atom. The van der Waals surface area contributed by atoms with E-state index in [1.54, 1.807) is 46.6 Å². The fraction of sp³-hybridized carbons (Fsp3) is 0.353. The molecule has 2 heterocycles. The highest BCUT2D eigenvalue weighted by atomic mass is 32.2. The van der Waals surface area contributed by atoms with E-state index in [1.807, 2.05) is 17.5 Å². The van der Waals surface area contributed by atoms with Gasteiger partial charge in [-0.3, -0.25) is 4.79 Å². The first-order valence-electron chi connectivity index (χ1n) is 7.93. The summed E-state index contributed by atoms with van der Waals surface area (Å²) in [5.74, 6) is 0.0661. The van der Waals surface area contributed by atoms with Gasteiger partial charge in [0.25, 0.3) is 0 Å². The monoisotopic (exact) mass is 364 g/mol. The molecule has 1 fully saturated rings. The summed E-state index contributed by atoms with van der Waals surface area (Å²) in [7, 11) is -3.49. The number of hydrogen-bond acceptors (Lipinski definition) is 4. The summed E-state index contributed by atoms with van der Waals surface area (Å²) in [6, 6.07) is 12.4. The Morgan fingerprint density at radius 2 is 1.79 bits per heavy atom. The van der Waals surface area contributed by atoms with Gasteiger partial charge in [-0.1, -0.05) is 24.3 Å². The van der Waals surface area contributed by atoms with Crippen LogP contribution >= 0.6 is 11.3 Å². The molecule has 0 aliphatic carbocycles. The van der Waals surface area contributed by atoms with Crippen molar-refractivity contribution in [2.24, 2.45) is 0 Å². The first-order valence-corrected chi connectivity index (χ1v) is 10.2. The van der Waals surface area contributed by atoms with Gasteiger partial charge in [-0.15, -0.1) is 11.3 Å². The Bertz CT molecular complexity index is 773. The molecule has 7 heteroatoms. The molecule has 1 aliphatic heterocycles. The molecule has 1 aromatic heterocycles. The van der Waals surface area contributed by atoms with Crippen LogP contribution in [0.15, 0.2) is 52.7 Å². The number of thiophene rings is 1. The summed E-state index contributed by atoms with van der Waals surface area (Å²) in [5, 5.41) is 1.96. The molecule has 0 saturated carbocycles. The molecule has 0 spiro atoms. The zero-order valence-corrected chi connectivity index (χ0v) is 14.9. The van der Waals surface area contributed by atoms with Crippen LogP contribution in [0.3, 0.4) is 0 Å². The number of carbonyl (C=O) groups is 1. The number of sulfonamides is 1. The molecule has 24 heavy (non-hydrogen) atoms. The lowest BCUT2D eigenvalue weighted by Crippen LogP contribution is -2.37. The third kappa shape index (κ3) is 3.85. The van der Waals surface area contributed by atoms with Crippen molar-refractivity contribution in [3.63, 3.8) is 0 Å². The van der Waals surface area contributed by atoms with Gasteiger partial charge >= 0.3 is 0 Å². The van der Waals surface area contributed by atoms with Crippen LogP contribution in [0.25, 0.3) is 0 Å². The summed E-state index contributed by atoms with van der Waals surface area (Å²) in [6.07, 6.45) is 1.05. The first kappa shape index (κ1) is 17.1. The van der Waals surface area contributed by atoms with E-state index in [4.69, 9.17) is 0 Å². The van der Waals surface area contributed by atoms with Crippen LogP contribution < -0.4 is 0 Å². The summed E-state index contributed by atoms with van der Waals surface area (Å²) in [5.41, 5.74) is 0. The summed E-state index contributed by atoms with van der Waals surface area (Å²) in [6.45, 7) is 1.83. The Labute approximate surface area is 146 Å². The second kappa shape index (κ2) is 7.46. The molecule has 5 nitrogen and oxygen atoms in total. The standard InChI is InChI=1S/C17H20N2O3S2/c20-17(14-15-6-4-13-23-15)18-9-5-10-19(12-11-18)24(21,22)16-7-2-1-3-8-16/h1-4,6-8,13H,5,9-12,14H2. The molecule has 0 N–H and O–H groups in total. The Kier molecular flexibility index (Phi) is 5.33. The molecular formula is C17H20N2O3S2. The molecule has 1 aliphatic rings. The average molecular weight is 364 g/mol. The van der Waals surface area contributed by atoms with Gasteiger partial charge in [0.2, 0.25) is 15.9 Å². The Hall–Kier alpha value is -1.70. The van der Waals surface area contributed by atoms with Crippen molar-refractivity contribution < 1.29 is 13.2 Å². The van der Waals surface area contributed by atoms with E-state index in [9.17, 15) is 13.2 Å². The van der Waals surface area contributed by atoms with Crippen LogP contribution in [-0.2, 0) is 21.2 Å². The molecule has 2 aromatic rings. The van der Waals surface area contributed by atoms with Gasteiger partial charge in [0.1, 0.15) is 0 Å². The van der Waals surface area contributed by atoms with Gasteiger partial charge in [0.15, 0.2) is 0 Å². The summed E-state index contributed by atoms with van der Waals surface area (Å²) >= 11 is 1.57. The maximum atomic E-state index is 12.7. The SMILES string of the molecule is O=C(Cc1cccs1)N1CCCN(S(=O)(=O)c2ccccc2)CC1. The smallest absolute Gasteiger partial charge is 0.243 e. The van der Waals surface area contributed by atoms with Gasteiger partial charge < -0.3 is 4.90 Å². The van der Waals surface area contributed by atoms with E-state index >= 15 is 0 Å². The van der Waals surface area contributed by atoms with Crippen molar-refractivity contribution in [1.82, 2.24) is 9.21 Å². The quantitative estimate of drug-likeness (QED) is 0.836. The highest BCUT2D eigenvalue weighted by Crippen LogP contribution is 2.18. The fourth-order valence-corrected chi connectivity index (χ4v) is 4.99. The van der Waals surface area contributed by atoms with E-state index in [-0.39, 0.29) is 5.91 Å². The molecule has 0 bridgehead atoms. The molecule has 3 rings (SSSR count). The average Bonchev–Trinajstić information content (AvgIpc) is 2.96. The van der Waals surface area contributed by atoms with E-state index in [0.29, 0.717) is 43.9 Å². The van der Waals surface area contributed by atoms with Crippen LogP contribution in [0.5, 0.6) is 0 Å². The molecule has 0 radical (unpaired) electrons. The van der Waals surface area contributed by atoms with E-state index in [1.165, 1.54) is 4.31 Å². The summed E-state index contributed by atoms with van der Waals surface area (Å²) < 4.78 is 26.9. The fourth-order valence-electron chi connectivity index (χ4n) is 2.80. The predicted molar refractivity (Wildman–Crippen MR) is 94.4 cm³/mol. The molecule has 1 aromatic carbocycles. The lowest BCUT2D eigenvalue weighted by molar-refractivity contribution is -0.130. The van der Waals surface area contributed by atoms with Gasteiger partial charge in [-0.25, -0.2) is 8.42 Å². The van der Waals surface area contributed by atoms with Gasteiger partial charge in [0, 0.05) is 31.1 Å². The second-order valence-corrected chi connectivity index (χ2v) is 8.68. The molecular weight excluding hydrogens is 344 g/mol. The lowest BCUT2D eigenvalue weighted by Gasteiger charge is -2.22. The first-order chi connectivity index (χ1) is 11.6. The molecule has 0 unspecified atom stereocenters. The van der Waals surface area contributed by atoms with E-state index < -0.39 is 10.0 Å². The maximum absolute atomic E-state index is 12.7. The van der Waals surface area contributed by atoms with Crippen molar-refractivity contribution in [3.05, 3.63) is 52.7 Å². The van der Waals surface area contributed by atoms with Crippen LogP contribution in [0.1, 0.15) is 11.3 Å². The third-order valence-corrected chi connectivity index (χ3v) is 6.88. The number of rotatable bonds is 4. The third-order valence-electron chi connectivity index (χ3n) is 4.09. The molecule has 1 amide bonds. The molecule has 0 atom stereocenters. The minimum Gasteiger partial charge on any atom is -0.341 e. The summed E-state index contributed by atoms with van der Waals surface area (Å²) in [4.78, 5) is 15.5. The van der Waals surface area contributed by atoms with Crippen LogP contribution in [0.2, 0.25) is 0 Å². The van der Waals surface area contributed by atoms with E-state index in [2.05, 4.69) is 0 Å². The van der Waals surface area contributed by atoms with Crippen LogP contribution in [0, 0.1) is 0 Å². The number of hydrogen-bond donors (Lipinski definition) is 0. The largest absolute Gasteiger partial charge is 0.341 e. The number of nitrogens with zero attached hydrogens (tertiary/aromatic N) is 2. The highest BCUT2D eigenvalue weighted by molar-refractivity contribution is 7.89. The van der Waals surface area contributed by atoms with E-state index in [0.717, 1.165) is 4.88 Å². The zero-order valence-electron chi connectivity index (χ0n) is 13.3. The minimum absolute atomic E-state index is 0.0661. The topological polar surface area (TPSA) is 57.7 Å². The Morgan fingerprint density at radius 1 is 1.00 bits per heavy atom. The Balaban J connectivity index is 1.66. The molecule has 128 valence electrons.